The Balaban J connectivity index is 1.56. The van der Waals surface area contributed by atoms with Gasteiger partial charge in [0.2, 0.25) is 0 Å². The van der Waals surface area contributed by atoms with Crippen molar-refractivity contribution < 1.29 is 4.74 Å². The molecule has 3 nitrogen and oxygen atoms in total. The molecular formula is C12H24N2O. The van der Waals surface area contributed by atoms with E-state index in [0.717, 1.165) is 32.2 Å². The van der Waals surface area contributed by atoms with Gasteiger partial charge >= 0.3 is 0 Å². The quantitative estimate of drug-likeness (QED) is 0.622. The van der Waals surface area contributed by atoms with Gasteiger partial charge in [-0.2, -0.15) is 0 Å². The Morgan fingerprint density at radius 2 is 2.20 bits per heavy atom. The van der Waals surface area contributed by atoms with Crippen LogP contribution in [0.5, 0.6) is 0 Å². The van der Waals surface area contributed by atoms with Gasteiger partial charge in [0.1, 0.15) is 0 Å². The third-order valence-electron chi connectivity index (χ3n) is 3.68. The molecule has 0 aromatic carbocycles. The van der Waals surface area contributed by atoms with Gasteiger partial charge in [0.15, 0.2) is 0 Å². The van der Waals surface area contributed by atoms with Crippen LogP contribution in [0.25, 0.3) is 0 Å². The average molecular weight is 212 g/mol. The molecule has 1 heterocycles. The zero-order chi connectivity index (χ0) is 10.5. The predicted octanol–water partition coefficient (Wildman–Crippen LogP) is 1.13. The molecule has 1 aliphatic heterocycles. The van der Waals surface area contributed by atoms with Crippen LogP contribution in [0, 0.1) is 11.8 Å². The van der Waals surface area contributed by atoms with Crippen LogP contribution in [0.15, 0.2) is 0 Å². The summed E-state index contributed by atoms with van der Waals surface area (Å²) in [5.41, 5.74) is 5.79. The highest BCUT2D eigenvalue weighted by atomic mass is 16.5. The fraction of sp³-hybridized carbons (Fsp3) is 1.00. The maximum absolute atomic E-state index is 5.79. The Labute approximate surface area is 92.7 Å². The average Bonchev–Trinajstić information content (AvgIpc) is 2.92. The summed E-state index contributed by atoms with van der Waals surface area (Å²) >= 11 is 0. The third kappa shape index (κ3) is 3.74. The lowest BCUT2D eigenvalue weighted by atomic mass is 9.99. The van der Waals surface area contributed by atoms with E-state index in [1.54, 1.807) is 0 Å². The lowest BCUT2D eigenvalue weighted by Gasteiger charge is -2.22. The Morgan fingerprint density at radius 3 is 2.80 bits per heavy atom. The number of hydrogen-bond acceptors (Lipinski definition) is 3. The normalized spacial score (nSPS) is 28.2. The zero-order valence-corrected chi connectivity index (χ0v) is 9.58. The summed E-state index contributed by atoms with van der Waals surface area (Å²) in [5, 5.41) is 3.59. The summed E-state index contributed by atoms with van der Waals surface area (Å²) in [6.07, 6.45) is 6.84. The van der Waals surface area contributed by atoms with Gasteiger partial charge in [-0.05, 0) is 31.7 Å². The second kappa shape index (κ2) is 5.83. The van der Waals surface area contributed by atoms with E-state index < -0.39 is 0 Å². The molecule has 3 heteroatoms. The molecule has 1 saturated heterocycles. The molecule has 15 heavy (non-hydrogen) atoms. The van der Waals surface area contributed by atoms with Gasteiger partial charge in [-0.15, -0.1) is 0 Å². The first-order chi connectivity index (χ1) is 7.40. The van der Waals surface area contributed by atoms with Crippen LogP contribution in [0.1, 0.15) is 32.1 Å². The predicted molar refractivity (Wildman–Crippen MR) is 61.7 cm³/mol. The highest BCUT2D eigenvalue weighted by Crippen LogP contribution is 2.33. The van der Waals surface area contributed by atoms with Crippen LogP contribution in [-0.2, 0) is 4.74 Å². The van der Waals surface area contributed by atoms with E-state index in [1.807, 2.05) is 0 Å². The molecule has 0 amide bonds. The monoisotopic (exact) mass is 212 g/mol. The molecular weight excluding hydrogens is 188 g/mol. The van der Waals surface area contributed by atoms with E-state index in [9.17, 15) is 0 Å². The fourth-order valence-electron chi connectivity index (χ4n) is 2.40. The first-order valence-electron chi connectivity index (χ1n) is 6.41. The van der Waals surface area contributed by atoms with Crippen LogP contribution >= 0.6 is 0 Å². The van der Waals surface area contributed by atoms with Crippen molar-refractivity contribution >= 4 is 0 Å². The first kappa shape index (κ1) is 11.4. The van der Waals surface area contributed by atoms with Gasteiger partial charge < -0.3 is 15.8 Å². The Morgan fingerprint density at radius 1 is 1.33 bits per heavy atom. The minimum atomic E-state index is 0.478. The van der Waals surface area contributed by atoms with Crippen LogP contribution in [0.3, 0.4) is 0 Å². The zero-order valence-electron chi connectivity index (χ0n) is 9.58. The molecule has 2 atom stereocenters. The van der Waals surface area contributed by atoms with E-state index in [2.05, 4.69) is 5.32 Å². The van der Waals surface area contributed by atoms with Crippen molar-refractivity contribution in [2.45, 2.75) is 38.1 Å². The summed E-state index contributed by atoms with van der Waals surface area (Å²) in [6, 6.07) is 0.478. The molecule has 2 rings (SSSR count). The Hall–Kier alpha value is -0.120. The molecule has 2 unspecified atom stereocenters. The standard InChI is InChI=1S/C12H24N2O/c13-8-12(11-5-7-15-9-11)14-6-1-2-10-3-4-10/h10-12,14H,1-9,13H2. The lowest BCUT2D eigenvalue weighted by Crippen LogP contribution is -2.42. The highest BCUT2D eigenvalue weighted by molar-refractivity contribution is 4.80. The van der Waals surface area contributed by atoms with Crippen LogP contribution < -0.4 is 11.1 Å². The minimum Gasteiger partial charge on any atom is -0.381 e. The Kier molecular flexibility index (Phi) is 4.42. The van der Waals surface area contributed by atoms with E-state index in [-0.39, 0.29) is 0 Å². The number of nitrogens with two attached hydrogens (primary N) is 1. The summed E-state index contributed by atoms with van der Waals surface area (Å²) in [7, 11) is 0. The minimum absolute atomic E-state index is 0.478. The van der Waals surface area contributed by atoms with Crippen LogP contribution in [0.2, 0.25) is 0 Å². The molecule has 2 fully saturated rings. The van der Waals surface area contributed by atoms with Gasteiger partial charge in [-0.25, -0.2) is 0 Å². The molecule has 1 saturated carbocycles. The summed E-state index contributed by atoms with van der Waals surface area (Å²) in [5.74, 6) is 1.70. The molecule has 0 radical (unpaired) electrons. The molecule has 2 aliphatic rings. The molecule has 0 bridgehead atoms. The fourth-order valence-corrected chi connectivity index (χ4v) is 2.40. The van der Waals surface area contributed by atoms with Crippen LogP contribution in [-0.4, -0.2) is 32.3 Å². The molecule has 0 aromatic heterocycles. The van der Waals surface area contributed by atoms with E-state index in [4.69, 9.17) is 10.5 Å². The molecule has 88 valence electrons. The molecule has 0 aromatic rings. The SMILES string of the molecule is NCC(NCCCC1CC1)C1CCOC1. The Bertz CT molecular complexity index is 176. The van der Waals surface area contributed by atoms with Crippen LogP contribution in [0.4, 0.5) is 0 Å². The van der Waals surface area contributed by atoms with Crippen molar-refractivity contribution in [3.63, 3.8) is 0 Å². The smallest absolute Gasteiger partial charge is 0.0510 e. The van der Waals surface area contributed by atoms with Gasteiger partial charge in [-0.1, -0.05) is 12.8 Å². The lowest BCUT2D eigenvalue weighted by molar-refractivity contribution is 0.177. The summed E-state index contributed by atoms with van der Waals surface area (Å²) < 4.78 is 5.40. The van der Waals surface area contributed by atoms with Gasteiger partial charge in [0, 0.05) is 25.1 Å². The van der Waals surface area contributed by atoms with E-state index in [1.165, 1.54) is 32.1 Å². The topological polar surface area (TPSA) is 47.3 Å². The summed E-state index contributed by atoms with van der Waals surface area (Å²) in [6.45, 7) is 3.70. The summed E-state index contributed by atoms with van der Waals surface area (Å²) in [4.78, 5) is 0. The van der Waals surface area contributed by atoms with Crippen molar-refractivity contribution in [1.82, 2.24) is 5.32 Å². The number of ether oxygens (including phenoxy) is 1. The van der Waals surface area contributed by atoms with Crippen molar-refractivity contribution in [1.29, 1.82) is 0 Å². The number of rotatable bonds is 7. The number of nitrogens with one attached hydrogen (secondary N) is 1. The second-order valence-electron chi connectivity index (χ2n) is 5.01. The second-order valence-corrected chi connectivity index (χ2v) is 5.01. The van der Waals surface area contributed by atoms with Crippen molar-refractivity contribution in [3.8, 4) is 0 Å². The van der Waals surface area contributed by atoms with Gasteiger partial charge in [-0.3, -0.25) is 0 Å². The van der Waals surface area contributed by atoms with Gasteiger partial charge in [0.25, 0.3) is 0 Å². The van der Waals surface area contributed by atoms with E-state index >= 15 is 0 Å². The number of hydrogen-bond donors (Lipinski definition) is 2. The largest absolute Gasteiger partial charge is 0.381 e. The van der Waals surface area contributed by atoms with Crippen molar-refractivity contribution in [3.05, 3.63) is 0 Å². The highest BCUT2D eigenvalue weighted by Gasteiger charge is 2.24. The third-order valence-corrected chi connectivity index (χ3v) is 3.68. The van der Waals surface area contributed by atoms with Crippen molar-refractivity contribution in [2.75, 3.05) is 26.3 Å². The maximum Gasteiger partial charge on any atom is 0.0510 e. The van der Waals surface area contributed by atoms with Gasteiger partial charge in [0.05, 0.1) is 6.61 Å². The van der Waals surface area contributed by atoms with E-state index in [0.29, 0.717) is 12.0 Å². The molecule has 1 aliphatic carbocycles. The molecule has 3 N–H and O–H groups in total. The molecule has 0 spiro atoms. The first-order valence-corrected chi connectivity index (χ1v) is 6.41. The maximum atomic E-state index is 5.79. The van der Waals surface area contributed by atoms with Crippen molar-refractivity contribution in [2.24, 2.45) is 17.6 Å².